The van der Waals surface area contributed by atoms with Gasteiger partial charge in [-0.3, -0.25) is 0 Å². The van der Waals surface area contributed by atoms with E-state index < -0.39 is 11.6 Å². The van der Waals surface area contributed by atoms with Gasteiger partial charge in [0.1, 0.15) is 11.6 Å². The zero-order valence-electron chi connectivity index (χ0n) is 16.3. The maximum Gasteiger partial charge on any atom is 0.132 e. The molecule has 1 aliphatic rings. The quantitative estimate of drug-likeness (QED) is 0.347. The van der Waals surface area contributed by atoms with Crippen molar-refractivity contribution in [2.24, 2.45) is 5.92 Å². The van der Waals surface area contributed by atoms with Crippen LogP contribution in [0.25, 0.3) is 11.1 Å². The van der Waals surface area contributed by atoms with Crippen LogP contribution in [-0.2, 0) is 11.3 Å². The molecule has 0 amide bonds. The predicted octanol–water partition coefficient (Wildman–Crippen LogP) is 7.18. The Morgan fingerprint density at radius 1 is 0.893 bits per heavy atom. The molecule has 0 aliphatic heterocycles. The molecule has 1 nitrogen and oxygen atoms in total. The van der Waals surface area contributed by atoms with E-state index in [0.29, 0.717) is 11.5 Å². The molecule has 3 heteroatoms. The lowest BCUT2D eigenvalue weighted by atomic mass is 9.77. The first-order chi connectivity index (χ1) is 13.6. The van der Waals surface area contributed by atoms with Crippen LogP contribution < -0.4 is 0 Å². The van der Waals surface area contributed by atoms with Gasteiger partial charge in [-0.2, -0.15) is 0 Å². The second kappa shape index (κ2) is 9.79. The lowest BCUT2D eigenvalue weighted by Gasteiger charge is -2.28. The third-order valence-corrected chi connectivity index (χ3v) is 5.69. The number of benzene rings is 2. The van der Waals surface area contributed by atoms with Crippen molar-refractivity contribution in [1.82, 2.24) is 0 Å². The molecule has 148 valence electrons. The Bertz CT molecular complexity index is 779. The normalized spacial score (nSPS) is 19.4. The van der Waals surface area contributed by atoms with Gasteiger partial charge in [0.05, 0.1) is 13.2 Å². The molecule has 0 atom stereocenters. The Kier molecular flexibility index (Phi) is 7.16. The minimum atomic E-state index is -0.580. The van der Waals surface area contributed by atoms with Crippen LogP contribution in [-0.4, -0.2) is 6.61 Å². The van der Waals surface area contributed by atoms with Gasteiger partial charge in [0, 0.05) is 5.56 Å². The molecule has 0 bridgehead atoms. The van der Waals surface area contributed by atoms with Crippen LogP contribution >= 0.6 is 0 Å². The maximum absolute atomic E-state index is 14.3. The Hall–Kier alpha value is -2.26. The zero-order valence-corrected chi connectivity index (χ0v) is 16.3. The van der Waals surface area contributed by atoms with Crippen LogP contribution in [0, 0.1) is 17.6 Å². The summed E-state index contributed by atoms with van der Waals surface area (Å²) in [5, 5.41) is 0. The third kappa shape index (κ3) is 4.96. The van der Waals surface area contributed by atoms with Gasteiger partial charge in [0.15, 0.2) is 0 Å². The molecule has 0 radical (unpaired) electrons. The van der Waals surface area contributed by atoms with Crippen molar-refractivity contribution < 1.29 is 13.5 Å². The van der Waals surface area contributed by atoms with Crippen LogP contribution in [0.2, 0.25) is 0 Å². The van der Waals surface area contributed by atoms with Gasteiger partial charge < -0.3 is 4.74 Å². The van der Waals surface area contributed by atoms with Gasteiger partial charge in [-0.1, -0.05) is 36.4 Å². The van der Waals surface area contributed by atoms with Crippen molar-refractivity contribution in [2.75, 3.05) is 6.61 Å². The summed E-state index contributed by atoms with van der Waals surface area (Å²) >= 11 is 0. The molecular formula is C25H28F2O. The summed E-state index contributed by atoms with van der Waals surface area (Å²) in [5.41, 5.74) is 2.64. The number of halogens is 2. The largest absolute Gasteiger partial charge is 0.373 e. The van der Waals surface area contributed by atoms with Gasteiger partial charge in [-0.15, -0.1) is 13.2 Å². The molecule has 2 aromatic rings. The highest BCUT2D eigenvalue weighted by atomic mass is 19.1. The van der Waals surface area contributed by atoms with Crippen LogP contribution in [0.4, 0.5) is 8.78 Å². The number of ether oxygens (including phenoxy) is 1. The van der Waals surface area contributed by atoms with Crippen molar-refractivity contribution in [3.8, 4) is 11.1 Å². The second-order valence-electron chi connectivity index (χ2n) is 7.59. The molecule has 0 aromatic heterocycles. The van der Waals surface area contributed by atoms with E-state index in [1.807, 2.05) is 18.2 Å². The first kappa shape index (κ1) is 20.5. The topological polar surface area (TPSA) is 9.23 Å². The highest BCUT2D eigenvalue weighted by molar-refractivity contribution is 5.64. The Morgan fingerprint density at radius 3 is 2.11 bits per heavy atom. The highest BCUT2D eigenvalue weighted by Gasteiger charge is 2.21. The molecule has 0 unspecified atom stereocenters. The second-order valence-corrected chi connectivity index (χ2v) is 7.59. The molecule has 0 saturated heterocycles. The van der Waals surface area contributed by atoms with E-state index in [1.54, 1.807) is 6.08 Å². The molecule has 0 spiro atoms. The van der Waals surface area contributed by atoms with Gasteiger partial charge in [0.2, 0.25) is 0 Å². The van der Waals surface area contributed by atoms with Gasteiger partial charge in [-0.25, -0.2) is 8.78 Å². The summed E-state index contributed by atoms with van der Waals surface area (Å²) in [4.78, 5) is 0. The van der Waals surface area contributed by atoms with E-state index in [-0.39, 0.29) is 18.8 Å². The first-order valence-corrected chi connectivity index (χ1v) is 10.00. The van der Waals surface area contributed by atoms with Crippen LogP contribution in [0.5, 0.6) is 0 Å². The summed E-state index contributed by atoms with van der Waals surface area (Å²) in [5.74, 6) is 0.188. The van der Waals surface area contributed by atoms with E-state index in [4.69, 9.17) is 4.74 Å². The molecular weight excluding hydrogens is 354 g/mol. The fourth-order valence-electron chi connectivity index (χ4n) is 4.07. The van der Waals surface area contributed by atoms with Crippen LogP contribution in [0.3, 0.4) is 0 Å². The molecule has 1 saturated carbocycles. The Labute approximate surface area is 166 Å². The average molecular weight is 382 g/mol. The summed E-state index contributed by atoms with van der Waals surface area (Å²) in [7, 11) is 0. The monoisotopic (exact) mass is 382 g/mol. The fraction of sp³-hybridized carbons (Fsp3) is 0.360. The molecule has 2 aromatic carbocycles. The minimum absolute atomic E-state index is 0.0431. The number of hydrogen-bond acceptors (Lipinski definition) is 1. The molecule has 3 rings (SSSR count). The van der Waals surface area contributed by atoms with Crippen molar-refractivity contribution in [3.63, 3.8) is 0 Å². The standard InChI is InChI=1S/C25H28F2O/c1-3-5-18-6-8-19(9-7-18)20-10-12-21(13-11-20)22-15-24(26)23(25(27)16-22)17-28-14-4-2/h3-4,10-13,15-16,18-19H,1-2,5-9,14,17H2/t18-,19-. The van der Waals surface area contributed by atoms with Crippen LogP contribution in [0.1, 0.15) is 49.1 Å². The lowest BCUT2D eigenvalue weighted by Crippen LogP contribution is -2.12. The van der Waals surface area contributed by atoms with E-state index in [2.05, 4.69) is 25.3 Å². The summed E-state index contributed by atoms with van der Waals surface area (Å²) in [6.07, 6.45) is 9.56. The highest BCUT2D eigenvalue weighted by Crippen LogP contribution is 2.37. The van der Waals surface area contributed by atoms with Crippen molar-refractivity contribution in [2.45, 2.75) is 44.6 Å². The molecule has 0 N–H and O–H groups in total. The van der Waals surface area contributed by atoms with Gasteiger partial charge in [-0.05, 0) is 72.8 Å². The summed E-state index contributed by atoms with van der Waals surface area (Å²) < 4.78 is 33.9. The molecule has 0 heterocycles. The van der Waals surface area contributed by atoms with Crippen molar-refractivity contribution in [3.05, 3.63) is 84.5 Å². The number of rotatable bonds is 8. The van der Waals surface area contributed by atoms with Crippen molar-refractivity contribution in [1.29, 1.82) is 0 Å². The fourth-order valence-corrected chi connectivity index (χ4v) is 4.07. The zero-order chi connectivity index (χ0) is 19.9. The molecule has 1 fully saturated rings. The number of hydrogen-bond donors (Lipinski definition) is 0. The van der Waals surface area contributed by atoms with Crippen LogP contribution in [0.15, 0.2) is 61.7 Å². The maximum atomic E-state index is 14.3. The van der Waals surface area contributed by atoms with E-state index >= 15 is 0 Å². The molecule has 1 aliphatic carbocycles. The smallest absolute Gasteiger partial charge is 0.132 e. The lowest BCUT2D eigenvalue weighted by molar-refractivity contribution is 0.143. The number of allylic oxidation sites excluding steroid dienone is 1. The Morgan fingerprint density at radius 2 is 1.54 bits per heavy atom. The van der Waals surface area contributed by atoms with Gasteiger partial charge >= 0.3 is 0 Å². The summed E-state index contributed by atoms with van der Waals surface area (Å²) in [6, 6.07) is 10.9. The SMILES string of the molecule is C=CCOCc1c(F)cc(-c2ccc([C@H]3CC[C@H](CC=C)CC3)cc2)cc1F. The Balaban J connectivity index is 1.69. The third-order valence-electron chi connectivity index (χ3n) is 5.69. The average Bonchev–Trinajstić information content (AvgIpc) is 2.71. The summed E-state index contributed by atoms with van der Waals surface area (Å²) in [6.45, 7) is 7.53. The molecule has 28 heavy (non-hydrogen) atoms. The van der Waals surface area contributed by atoms with E-state index in [0.717, 1.165) is 17.9 Å². The van der Waals surface area contributed by atoms with Crippen molar-refractivity contribution >= 4 is 0 Å². The van der Waals surface area contributed by atoms with E-state index in [9.17, 15) is 8.78 Å². The first-order valence-electron chi connectivity index (χ1n) is 10.00. The van der Waals surface area contributed by atoms with Gasteiger partial charge in [0.25, 0.3) is 0 Å². The minimum Gasteiger partial charge on any atom is -0.373 e. The van der Waals surface area contributed by atoms with E-state index in [1.165, 1.54) is 43.4 Å². The predicted molar refractivity (Wildman–Crippen MR) is 111 cm³/mol.